The van der Waals surface area contributed by atoms with E-state index in [0.717, 1.165) is 30.5 Å². The summed E-state index contributed by atoms with van der Waals surface area (Å²) in [5.41, 5.74) is 0.985. The molecule has 1 saturated heterocycles. The predicted molar refractivity (Wildman–Crippen MR) is 68.7 cm³/mol. The van der Waals surface area contributed by atoms with Gasteiger partial charge >= 0.3 is 0 Å². The van der Waals surface area contributed by atoms with Gasteiger partial charge in [-0.3, -0.25) is 4.98 Å². The number of anilines is 1. The molecule has 3 nitrogen and oxygen atoms in total. The van der Waals surface area contributed by atoms with Gasteiger partial charge < -0.3 is 4.90 Å². The van der Waals surface area contributed by atoms with Gasteiger partial charge in [-0.05, 0) is 25.7 Å². The zero-order chi connectivity index (χ0) is 12.0. The Labute approximate surface area is 117 Å². The molecule has 2 heterocycles. The second-order valence-corrected chi connectivity index (χ2v) is 4.19. The molecule has 1 aromatic heterocycles. The summed E-state index contributed by atoms with van der Waals surface area (Å²) < 4.78 is 0. The van der Waals surface area contributed by atoms with Crippen molar-refractivity contribution in [3.05, 3.63) is 18.1 Å². The maximum absolute atomic E-state index is 4.39. The minimum Gasteiger partial charge on any atom is -0.355 e. The van der Waals surface area contributed by atoms with E-state index in [2.05, 4.69) is 21.8 Å². The number of nitrogens with zero attached hydrogens (tertiary/aromatic N) is 3. The molecule has 0 spiro atoms. The summed E-state index contributed by atoms with van der Waals surface area (Å²) in [6, 6.07) is 0. The van der Waals surface area contributed by atoms with Crippen LogP contribution >= 0.6 is 0 Å². The predicted octanol–water partition coefficient (Wildman–Crippen LogP) is 3.05. The van der Waals surface area contributed by atoms with E-state index in [4.69, 9.17) is 0 Å². The van der Waals surface area contributed by atoms with E-state index in [1.165, 1.54) is 12.8 Å². The van der Waals surface area contributed by atoms with Crippen LogP contribution in [0.2, 0.25) is 0 Å². The van der Waals surface area contributed by atoms with Gasteiger partial charge in [0.2, 0.25) is 0 Å². The van der Waals surface area contributed by atoms with Gasteiger partial charge in [0, 0.05) is 31.6 Å². The molecule has 1 aliphatic heterocycles. The Morgan fingerprint density at radius 1 is 1.12 bits per heavy atom. The summed E-state index contributed by atoms with van der Waals surface area (Å²) in [6.45, 7) is 10.5. The number of aromatic nitrogens is 2. The Bertz CT molecular complexity index is 292. The first-order valence-corrected chi connectivity index (χ1v) is 6.29. The van der Waals surface area contributed by atoms with Gasteiger partial charge in [-0.15, -0.1) is 0 Å². The van der Waals surface area contributed by atoms with Crippen LogP contribution in [0.5, 0.6) is 0 Å². The molecule has 1 radical (unpaired) electrons. The van der Waals surface area contributed by atoms with Crippen LogP contribution in [0, 0.1) is 12.8 Å². The summed E-state index contributed by atoms with van der Waals surface area (Å²) in [6.07, 6.45) is 6.27. The molecule has 0 amide bonds. The molecule has 0 unspecified atom stereocenters. The smallest absolute Gasteiger partial charge is 0.147 e. The zero-order valence-electron chi connectivity index (χ0n) is 11.3. The third kappa shape index (κ3) is 5.09. The molecule has 1 aromatic rings. The van der Waals surface area contributed by atoms with Crippen molar-refractivity contribution in [2.75, 3.05) is 18.0 Å². The molecule has 0 saturated carbocycles. The minimum absolute atomic E-state index is 0. The van der Waals surface area contributed by atoms with Gasteiger partial charge in [0.25, 0.3) is 0 Å². The first kappa shape index (κ1) is 16.5. The van der Waals surface area contributed by atoms with Crippen LogP contribution in [0.3, 0.4) is 0 Å². The number of piperidine rings is 1. The molecule has 0 atom stereocenters. The van der Waals surface area contributed by atoms with E-state index in [1.54, 1.807) is 0 Å². The summed E-state index contributed by atoms with van der Waals surface area (Å²) in [4.78, 5) is 11.0. The number of aryl methyl sites for hydroxylation is 1. The van der Waals surface area contributed by atoms with Gasteiger partial charge in [0.05, 0.1) is 18.1 Å². The van der Waals surface area contributed by atoms with Crippen molar-refractivity contribution < 1.29 is 18.6 Å². The molecule has 0 aliphatic carbocycles. The fourth-order valence-corrected chi connectivity index (χ4v) is 1.79. The third-order valence-electron chi connectivity index (χ3n) is 2.87. The summed E-state index contributed by atoms with van der Waals surface area (Å²) >= 11 is 0. The molecule has 0 bridgehead atoms. The maximum Gasteiger partial charge on any atom is 0.147 e. The van der Waals surface area contributed by atoms with Crippen LogP contribution in [-0.4, -0.2) is 23.1 Å². The van der Waals surface area contributed by atoms with Crippen LogP contribution in [0.1, 0.15) is 39.3 Å². The third-order valence-corrected chi connectivity index (χ3v) is 2.87. The first-order valence-electron chi connectivity index (χ1n) is 6.29. The number of hydrogen-bond donors (Lipinski definition) is 0. The molecule has 1 aliphatic rings. The summed E-state index contributed by atoms with van der Waals surface area (Å²) in [5.74, 6) is 1.90. The quantitative estimate of drug-likeness (QED) is 0.787. The van der Waals surface area contributed by atoms with Crippen LogP contribution in [-0.2, 0) is 18.6 Å². The minimum atomic E-state index is 0. The standard InChI is InChI=1S/C11H17N3.C2H6.V/c1-9-3-5-14(6-4-9)11-8-12-10(2)7-13-11;1-2;/h7-9H,3-6H2,1-2H3;1-2H3;. The van der Waals surface area contributed by atoms with E-state index in [0.29, 0.717) is 0 Å². The van der Waals surface area contributed by atoms with Gasteiger partial charge in [-0.1, -0.05) is 20.8 Å². The van der Waals surface area contributed by atoms with E-state index in [9.17, 15) is 0 Å². The first-order chi connectivity index (χ1) is 7.75. The Kier molecular flexibility index (Phi) is 8.27. The summed E-state index contributed by atoms with van der Waals surface area (Å²) in [7, 11) is 0. The fraction of sp³-hybridized carbons (Fsp3) is 0.692. The average molecular weight is 272 g/mol. The molecule has 2 rings (SSSR count). The monoisotopic (exact) mass is 272 g/mol. The van der Waals surface area contributed by atoms with Crippen molar-refractivity contribution in [1.82, 2.24) is 9.97 Å². The summed E-state index contributed by atoms with van der Waals surface area (Å²) in [5, 5.41) is 0. The van der Waals surface area contributed by atoms with Crippen LogP contribution < -0.4 is 4.90 Å². The maximum atomic E-state index is 4.39. The van der Waals surface area contributed by atoms with Gasteiger partial charge in [0.15, 0.2) is 0 Å². The second kappa shape index (κ2) is 8.54. The van der Waals surface area contributed by atoms with Gasteiger partial charge in [-0.2, -0.15) is 0 Å². The van der Waals surface area contributed by atoms with E-state index < -0.39 is 0 Å². The Morgan fingerprint density at radius 2 is 1.71 bits per heavy atom. The van der Waals surface area contributed by atoms with Crippen molar-refractivity contribution in [1.29, 1.82) is 0 Å². The van der Waals surface area contributed by atoms with Crippen molar-refractivity contribution in [3.8, 4) is 0 Å². The molecule has 0 aromatic carbocycles. The molecular formula is C13H23N3V. The van der Waals surface area contributed by atoms with E-state index in [-0.39, 0.29) is 18.6 Å². The second-order valence-electron chi connectivity index (χ2n) is 4.19. The SMILES string of the molecule is CC.Cc1cnc(N2CCC(C)CC2)cn1.[V]. The number of hydrogen-bond acceptors (Lipinski definition) is 3. The van der Waals surface area contributed by atoms with Crippen LogP contribution in [0.4, 0.5) is 5.82 Å². The number of rotatable bonds is 1. The van der Waals surface area contributed by atoms with Crippen LogP contribution in [0.25, 0.3) is 0 Å². The van der Waals surface area contributed by atoms with Crippen molar-refractivity contribution >= 4 is 5.82 Å². The average Bonchev–Trinajstić information content (AvgIpc) is 2.34. The Balaban J connectivity index is 0.000000811. The van der Waals surface area contributed by atoms with E-state index in [1.807, 2.05) is 33.2 Å². The molecule has 95 valence electrons. The Hall–Kier alpha value is -0.536. The van der Waals surface area contributed by atoms with Gasteiger partial charge in [-0.25, -0.2) is 4.98 Å². The largest absolute Gasteiger partial charge is 0.355 e. The van der Waals surface area contributed by atoms with E-state index >= 15 is 0 Å². The van der Waals surface area contributed by atoms with Crippen molar-refractivity contribution in [3.63, 3.8) is 0 Å². The molecular weight excluding hydrogens is 249 g/mol. The van der Waals surface area contributed by atoms with Crippen molar-refractivity contribution in [2.24, 2.45) is 5.92 Å². The Morgan fingerprint density at radius 3 is 2.18 bits per heavy atom. The fourth-order valence-electron chi connectivity index (χ4n) is 1.79. The van der Waals surface area contributed by atoms with Gasteiger partial charge in [0.1, 0.15) is 5.82 Å². The normalized spacial score (nSPS) is 15.6. The molecule has 4 heteroatoms. The van der Waals surface area contributed by atoms with Crippen molar-refractivity contribution in [2.45, 2.75) is 40.5 Å². The van der Waals surface area contributed by atoms with Crippen LogP contribution in [0.15, 0.2) is 12.4 Å². The molecule has 0 N–H and O–H groups in total. The molecule has 17 heavy (non-hydrogen) atoms. The molecule has 1 fully saturated rings. The zero-order valence-corrected chi connectivity index (χ0v) is 12.7. The topological polar surface area (TPSA) is 29.0 Å².